The molecule has 1 aromatic heterocycles. The Morgan fingerprint density at radius 1 is 1.44 bits per heavy atom. The zero-order chi connectivity index (χ0) is 10.8. The number of aliphatic carboxylic acids is 1. The molecular formula is C11H14MgN2O2. The maximum Gasteiger partial charge on any atom is 0.320 e. The highest BCUT2D eigenvalue weighted by atomic mass is 24.3. The van der Waals surface area contributed by atoms with Crippen LogP contribution in [-0.2, 0) is 11.2 Å². The number of aromatic amines is 1. The van der Waals surface area contributed by atoms with Gasteiger partial charge in [0.15, 0.2) is 0 Å². The molecule has 0 saturated carbocycles. The Kier molecular flexibility index (Phi) is 4.34. The van der Waals surface area contributed by atoms with Gasteiger partial charge in [0.05, 0.1) is 0 Å². The molecule has 1 atom stereocenters. The van der Waals surface area contributed by atoms with Gasteiger partial charge in [0, 0.05) is 23.5 Å². The molecule has 0 spiro atoms. The molecule has 0 amide bonds. The van der Waals surface area contributed by atoms with Gasteiger partial charge in [-0.1, -0.05) is 18.2 Å². The van der Waals surface area contributed by atoms with Crippen molar-refractivity contribution in [2.45, 2.75) is 12.5 Å². The number of fused-ring (bicyclic) bond motifs is 1. The van der Waals surface area contributed by atoms with Crippen LogP contribution in [0.1, 0.15) is 5.56 Å². The summed E-state index contributed by atoms with van der Waals surface area (Å²) in [6.45, 7) is 0. The maximum absolute atomic E-state index is 10.6. The Labute approximate surface area is 109 Å². The average molecular weight is 231 g/mol. The number of aromatic nitrogens is 1. The standard InChI is InChI=1S/C11H12N2O2.Mg.2H/c12-9(11(14)15)5-7-6-13-10-4-2-1-3-8(7)10;;;/h1-4,6,9,13H,5,12H2,(H,14,15);;;. The molecule has 0 bridgehead atoms. The first-order valence-corrected chi connectivity index (χ1v) is 4.72. The fourth-order valence-electron chi connectivity index (χ4n) is 1.62. The van der Waals surface area contributed by atoms with Crippen LogP contribution in [0.3, 0.4) is 0 Å². The zero-order valence-electron chi connectivity index (χ0n) is 8.10. The van der Waals surface area contributed by atoms with Crippen molar-refractivity contribution in [2.24, 2.45) is 5.73 Å². The first kappa shape index (κ1) is 13.0. The summed E-state index contributed by atoms with van der Waals surface area (Å²) in [7, 11) is 0. The van der Waals surface area contributed by atoms with Crippen LogP contribution in [0.15, 0.2) is 30.5 Å². The third-order valence-electron chi connectivity index (χ3n) is 2.43. The van der Waals surface area contributed by atoms with Crippen LogP contribution in [0.4, 0.5) is 0 Å². The molecule has 1 heterocycles. The van der Waals surface area contributed by atoms with Crippen molar-refractivity contribution in [1.29, 1.82) is 0 Å². The molecule has 1 aromatic carbocycles. The van der Waals surface area contributed by atoms with Crippen LogP contribution >= 0.6 is 0 Å². The van der Waals surface area contributed by atoms with Gasteiger partial charge in [-0.25, -0.2) is 0 Å². The first-order chi connectivity index (χ1) is 7.18. The van der Waals surface area contributed by atoms with Crippen LogP contribution in [0.25, 0.3) is 10.9 Å². The van der Waals surface area contributed by atoms with Crippen molar-refractivity contribution in [1.82, 2.24) is 4.98 Å². The fraction of sp³-hybridized carbons (Fsp3) is 0.182. The normalized spacial score (nSPS) is 12.1. The second-order valence-corrected chi connectivity index (χ2v) is 3.51. The summed E-state index contributed by atoms with van der Waals surface area (Å²) < 4.78 is 0. The summed E-state index contributed by atoms with van der Waals surface area (Å²) in [5.74, 6) is -0.972. The van der Waals surface area contributed by atoms with Crippen molar-refractivity contribution in [3.8, 4) is 0 Å². The minimum atomic E-state index is -0.972. The summed E-state index contributed by atoms with van der Waals surface area (Å²) in [5, 5.41) is 9.75. The summed E-state index contributed by atoms with van der Waals surface area (Å²) in [6.07, 6.45) is 2.16. The minimum absolute atomic E-state index is 0. The molecule has 2 rings (SSSR count). The SMILES string of the molecule is NC(Cc1c[nH]c2ccccc12)C(=O)O.[MgH2]. The molecule has 82 valence electrons. The Balaban J connectivity index is 0.00000128. The Morgan fingerprint density at radius 2 is 2.12 bits per heavy atom. The van der Waals surface area contributed by atoms with E-state index in [9.17, 15) is 4.79 Å². The third kappa shape index (κ3) is 2.55. The number of hydrogen-bond donors (Lipinski definition) is 3. The van der Waals surface area contributed by atoms with Crippen molar-refractivity contribution in [3.63, 3.8) is 0 Å². The van der Waals surface area contributed by atoms with Gasteiger partial charge in [-0.15, -0.1) is 0 Å². The highest BCUT2D eigenvalue weighted by Crippen LogP contribution is 2.18. The second kappa shape index (κ2) is 5.33. The summed E-state index contributed by atoms with van der Waals surface area (Å²) >= 11 is 0. The number of carbonyl (C=O) groups is 1. The Bertz CT molecular complexity index is 495. The highest BCUT2D eigenvalue weighted by Gasteiger charge is 2.14. The third-order valence-corrected chi connectivity index (χ3v) is 2.43. The first-order valence-electron chi connectivity index (χ1n) is 4.72. The van der Waals surface area contributed by atoms with Crippen molar-refractivity contribution < 1.29 is 9.90 Å². The van der Waals surface area contributed by atoms with Gasteiger partial charge >= 0.3 is 29.0 Å². The molecule has 0 radical (unpaired) electrons. The molecule has 0 aliphatic heterocycles. The van der Waals surface area contributed by atoms with Gasteiger partial charge in [-0.2, -0.15) is 0 Å². The lowest BCUT2D eigenvalue weighted by Gasteiger charge is -2.04. The van der Waals surface area contributed by atoms with E-state index < -0.39 is 12.0 Å². The molecule has 2 aromatic rings. The lowest BCUT2D eigenvalue weighted by atomic mass is 10.1. The van der Waals surface area contributed by atoms with Gasteiger partial charge in [-0.05, 0) is 11.6 Å². The van der Waals surface area contributed by atoms with Gasteiger partial charge in [0.1, 0.15) is 6.04 Å². The number of nitrogens with one attached hydrogen (secondary N) is 1. The van der Waals surface area contributed by atoms with E-state index in [1.165, 1.54) is 0 Å². The van der Waals surface area contributed by atoms with E-state index in [0.717, 1.165) is 16.5 Å². The van der Waals surface area contributed by atoms with Crippen LogP contribution in [0.2, 0.25) is 0 Å². The number of H-pyrrole nitrogens is 1. The van der Waals surface area contributed by atoms with E-state index in [1.807, 2.05) is 30.5 Å². The van der Waals surface area contributed by atoms with Crippen LogP contribution in [0, 0.1) is 0 Å². The summed E-state index contributed by atoms with van der Waals surface area (Å²) in [5.41, 5.74) is 7.43. The quantitative estimate of drug-likeness (QED) is 0.660. The average Bonchev–Trinajstić information content (AvgIpc) is 2.62. The van der Waals surface area contributed by atoms with Crippen LogP contribution < -0.4 is 5.73 Å². The zero-order valence-corrected chi connectivity index (χ0v) is 8.10. The number of rotatable bonds is 3. The van der Waals surface area contributed by atoms with Crippen LogP contribution in [0.5, 0.6) is 0 Å². The molecule has 0 fully saturated rings. The molecular weight excluding hydrogens is 216 g/mol. The van der Waals surface area contributed by atoms with Crippen molar-refractivity contribution in [3.05, 3.63) is 36.0 Å². The maximum atomic E-state index is 10.6. The number of nitrogens with two attached hydrogens (primary N) is 1. The number of para-hydroxylation sites is 1. The van der Waals surface area contributed by atoms with E-state index in [1.54, 1.807) is 0 Å². The topological polar surface area (TPSA) is 79.1 Å². The molecule has 5 heteroatoms. The highest BCUT2D eigenvalue weighted by molar-refractivity contribution is 5.84. The lowest BCUT2D eigenvalue weighted by molar-refractivity contribution is -0.138. The van der Waals surface area contributed by atoms with Gasteiger partial charge in [0.2, 0.25) is 0 Å². The molecule has 4 N–H and O–H groups in total. The molecule has 4 nitrogen and oxygen atoms in total. The van der Waals surface area contributed by atoms with Gasteiger partial charge < -0.3 is 15.8 Å². The largest absolute Gasteiger partial charge is 0.480 e. The number of carboxylic acids is 1. The predicted octanol–water partition coefficient (Wildman–Crippen LogP) is 0.206. The van der Waals surface area contributed by atoms with Crippen molar-refractivity contribution in [2.75, 3.05) is 0 Å². The summed E-state index contributed by atoms with van der Waals surface area (Å²) in [6, 6.07) is 6.91. The molecule has 0 aliphatic rings. The number of carboxylic acid groups (broad SMARTS) is 1. The molecule has 16 heavy (non-hydrogen) atoms. The molecule has 1 unspecified atom stereocenters. The number of hydrogen-bond acceptors (Lipinski definition) is 2. The lowest BCUT2D eigenvalue weighted by Crippen LogP contribution is -2.32. The summed E-state index contributed by atoms with van der Waals surface area (Å²) in [4.78, 5) is 13.7. The Hall–Kier alpha value is -1.04. The van der Waals surface area contributed by atoms with E-state index in [-0.39, 0.29) is 23.1 Å². The number of benzene rings is 1. The minimum Gasteiger partial charge on any atom is -0.480 e. The van der Waals surface area contributed by atoms with Gasteiger partial charge in [-0.3, -0.25) is 4.79 Å². The predicted molar refractivity (Wildman–Crippen MR) is 66.2 cm³/mol. The van der Waals surface area contributed by atoms with Gasteiger partial charge in [0.25, 0.3) is 0 Å². The fourth-order valence-corrected chi connectivity index (χ4v) is 1.62. The van der Waals surface area contributed by atoms with E-state index >= 15 is 0 Å². The van der Waals surface area contributed by atoms with E-state index in [2.05, 4.69) is 4.98 Å². The monoisotopic (exact) mass is 230 g/mol. The molecule has 0 aliphatic carbocycles. The van der Waals surface area contributed by atoms with E-state index in [4.69, 9.17) is 10.8 Å². The van der Waals surface area contributed by atoms with E-state index in [0.29, 0.717) is 6.42 Å². The van der Waals surface area contributed by atoms with Crippen LogP contribution in [-0.4, -0.2) is 45.2 Å². The Morgan fingerprint density at radius 3 is 2.81 bits per heavy atom. The van der Waals surface area contributed by atoms with Crippen molar-refractivity contribution >= 4 is 39.9 Å². The molecule has 0 saturated heterocycles. The second-order valence-electron chi connectivity index (χ2n) is 3.51. The smallest absolute Gasteiger partial charge is 0.320 e.